The first-order valence-corrected chi connectivity index (χ1v) is 4.41. The Bertz CT molecular complexity index is 461. The van der Waals surface area contributed by atoms with E-state index in [0.29, 0.717) is 6.67 Å². The van der Waals surface area contributed by atoms with Gasteiger partial charge in [-0.05, 0) is 12.1 Å². The summed E-state index contributed by atoms with van der Waals surface area (Å²) in [5, 5.41) is 2.72. The van der Waals surface area contributed by atoms with Crippen molar-refractivity contribution in [1.82, 2.24) is 14.9 Å². The number of fused-ring (bicyclic) bond motifs is 1. The first-order valence-electron chi connectivity index (χ1n) is 4.41. The summed E-state index contributed by atoms with van der Waals surface area (Å²) in [6.07, 6.45) is 1.72. The second-order valence-electron chi connectivity index (χ2n) is 3.09. The van der Waals surface area contributed by atoms with Crippen LogP contribution in [-0.2, 0) is 11.5 Å². The molecule has 1 amide bonds. The normalized spacial score (nSPS) is 10.4. The molecule has 1 aromatic heterocycles. The van der Waals surface area contributed by atoms with Crippen LogP contribution in [0.2, 0.25) is 0 Å². The minimum Gasteiger partial charge on any atom is -0.338 e. The number of benzene rings is 1. The van der Waals surface area contributed by atoms with E-state index in [2.05, 4.69) is 10.3 Å². The average Bonchev–Trinajstić information content (AvgIpc) is 2.58. The van der Waals surface area contributed by atoms with Crippen LogP contribution in [0, 0.1) is 0 Å². The van der Waals surface area contributed by atoms with Gasteiger partial charge in [-0.2, -0.15) is 0 Å². The number of nitrogens with one attached hydrogen (secondary N) is 1. The van der Waals surface area contributed by atoms with Crippen LogP contribution in [0.3, 0.4) is 0 Å². The van der Waals surface area contributed by atoms with E-state index in [1.165, 1.54) is 6.92 Å². The van der Waals surface area contributed by atoms with Crippen molar-refractivity contribution in [2.75, 3.05) is 0 Å². The monoisotopic (exact) mass is 189 g/mol. The lowest BCUT2D eigenvalue weighted by Gasteiger charge is -2.03. The van der Waals surface area contributed by atoms with E-state index in [9.17, 15) is 4.79 Å². The summed E-state index contributed by atoms with van der Waals surface area (Å²) >= 11 is 0. The molecule has 2 aromatic rings. The molecule has 14 heavy (non-hydrogen) atoms. The van der Waals surface area contributed by atoms with Gasteiger partial charge in [-0.15, -0.1) is 0 Å². The highest BCUT2D eigenvalue weighted by Gasteiger charge is 2.00. The van der Waals surface area contributed by atoms with Crippen molar-refractivity contribution < 1.29 is 4.79 Å². The predicted molar refractivity (Wildman–Crippen MR) is 53.5 cm³/mol. The molecule has 0 unspecified atom stereocenters. The summed E-state index contributed by atoms with van der Waals surface area (Å²) in [6, 6.07) is 7.82. The fourth-order valence-electron chi connectivity index (χ4n) is 1.33. The van der Waals surface area contributed by atoms with Crippen LogP contribution >= 0.6 is 0 Å². The number of carbonyl (C=O) groups is 1. The van der Waals surface area contributed by atoms with Crippen molar-refractivity contribution in [3.63, 3.8) is 0 Å². The zero-order valence-corrected chi connectivity index (χ0v) is 7.90. The van der Waals surface area contributed by atoms with Crippen molar-refractivity contribution in [3.8, 4) is 0 Å². The minimum atomic E-state index is -0.0391. The molecule has 0 saturated heterocycles. The highest BCUT2D eigenvalue weighted by Crippen LogP contribution is 2.10. The van der Waals surface area contributed by atoms with E-state index in [-0.39, 0.29) is 5.91 Å². The molecule has 72 valence electrons. The number of imidazole rings is 1. The van der Waals surface area contributed by atoms with Gasteiger partial charge in [0.05, 0.1) is 24.0 Å². The van der Waals surface area contributed by atoms with Crippen LogP contribution in [-0.4, -0.2) is 15.5 Å². The lowest BCUT2D eigenvalue weighted by Crippen LogP contribution is -2.22. The summed E-state index contributed by atoms with van der Waals surface area (Å²) in [4.78, 5) is 14.9. The smallest absolute Gasteiger partial charge is 0.218 e. The highest BCUT2D eigenvalue weighted by atomic mass is 16.1. The third-order valence-electron chi connectivity index (χ3n) is 2.03. The molecule has 0 aliphatic heterocycles. The largest absolute Gasteiger partial charge is 0.338 e. The molecule has 0 saturated carbocycles. The van der Waals surface area contributed by atoms with Gasteiger partial charge in [-0.25, -0.2) is 4.98 Å². The van der Waals surface area contributed by atoms with Gasteiger partial charge in [-0.1, -0.05) is 12.1 Å². The Balaban J connectivity index is 2.29. The second kappa shape index (κ2) is 3.49. The number of amides is 1. The van der Waals surface area contributed by atoms with E-state index in [4.69, 9.17) is 0 Å². The van der Waals surface area contributed by atoms with Crippen LogP contribution in [0.1, 0.15) is 6.92 Å². The van der Waals surface area contributed by atoms with Gasteiger partial charge < -0.3 is 9.88 Å². The molecule has 1 aromatic carbocycles. The van der Waals surface area contributed by atoms with E-state index < -0.39 is 0 Å². The number of hydrogen-bond donors (Lipinski definition) is 1. The van der Waals surface area contributed by atoms with Gasteiger partial charge in [-0.3, -0.25) is 4.79 Å². The van der Waals surface area contributed by atoms with Crippen LogP contribution in [0.25, 0.3) is 11.0 Å². The van der Waals surface area contributed by atoms with Crippen molar-refractivity contribution in [2.24, 2.45) is 0 Å². The van der Waals surface area contributed by atoms with Gasteiger partial charge in [0.25, 0.3) is 0 Å². The Morgan fingerprint density at radius 3 is 3.07 bits per heavy atom. The van der Waals surface area contributed by atoms with E-state index >= 15 is 0 Å². The summed E-state index contributed by atoms with van der Waals surface area (Å²) in [6.45, 7) is 1.97. The third-order valence-corrected chi connectivity index (χ3v) is 2.03. The number of carbonyl (C=O) groups excluding carboxylic acids is 1. The van der Waals surface area contributed by atoms with Crippen LogP contribution in [0.15, 0.2) is 30.6 Å². The molecule has 0 aliphatic carbocycles. The summed E-state index contributed by atoms with van der Waals surface area (Å²) in [5.41, 5.74) is 1.97. The van der Waals surface area contributed by atoms with Crippen molar-refractivity contribution in [2.45, 2.75) is 13.6 Å². The molecule has 0 atom stereocenters. The maximum absolute atomic E-state index is 10.7. The number of rotatable bonds is 2. The first kappa shape index (κ1) is 8.74. The number of para-hydroxylation sites is 2. The first-order chi connectivity index (χ1) is 6.77. The van der Waals surface area contributed by atoms with Gasteiger partial charge in [0, 0.05) is 6.92 Å². The molecular weight excluding hydrogens is 178 g/mol. The van der Waals surface area contributed by atoms with Gasteiger partial charge in [0.1, 0.15) is 0 Å². The molecule has 4 heteroatoms. The maximum Gasteiger partial charge on any atom is 0.218 e. The fourth-order valence-corrected chi connectivity index (χ4v) is 1.33. The zero-order chi connectivity index (χ0) is 9.97. The molecule has 0 spiro atoms. The third kappa shape index (κ3) is 1.59. The Morgan fingerprint density at radius 1 is 1.50 bits per heavy atom. The topological polar surface area (TPSA) is 46.9 Å². The molecule has 1 N–H and O–H groups in total. The lowest BCUT2D eigenvalue weighted by molar-refractivity contribution is -0.119. The Labute approximate surface area is 81.6 Å². The average molecular weight is 189 g/mol. The van der Waals surface area contributed by atoms with Crippen molar-refractivity contribution in [3.05, 3.63) is 30.6 Å². The molecule has 4 nitrogen and oxygen atoms in total. The van der Waals surface area contributed by atoms with Crippen LogP contribution in [0.4, 0.5) is 0 Å². The summed E-state index contributed by atoms with van der Waals surface area (Å²) < 4.78 is 1.90. The molecule has 1 heterocycles. The second-order valence-corrected chi connectivity index (χ2v) is 3.09. The Kier molecular flexibility index (Phi) is 2.18. The minimum absolute atomic E-state index is 0.0391. The zero-order valence-electron chi connectivity index (χ0n) is 7.90. The molecular formula is C10H11N3O. The predicted octanol–water partition coefficient (Wildman–Crippen LogP) is 1.13. The summed E-state index contributed by atoms with van der Waals surface area (Å²) in [5.74, 6) is -0.0391. The standard InChI is InChI=1S/C10H11N3O/c1-8(14)11-6-13-7-12-9-4-2-3-5-10(9)13/h2-5,7H,6H2,1H3,(H,11,14). The van der Waals surface area contributed by atoms with Crippen LogP contribution < -0.4 is 5.32 Å². The van der Waals surface area contributed by atoms with Gasteiger partial charge >= 0.3 is 0 Å². The molecule has 0 radical (unpaired) electrons. The summed E-state index contributed by atoms with van der Waals surface area (Å²) in [7, 11) is 0. The molecule has 0 aliphatic rings. The SMILES string of the molecule is CC(=O)NCn1cnc2ccccc21. The van der Waals surface area contributed by atoms with Gasteiger partial charge in [0.15, 0.2) is 0 Å². The maximum atomic E-state index is 10.7. The van der Waals surface area contributed by atoms with Crippen molar-refractivity contribution >= 4 is 16.9 Å². The van der Waals surface area contributed by atoms with Gasteiger partial charge in [0.2, 0.25) is 5.91 Å². The van der Waals surface area contributed by atoms with Crippen LogP contribution in [0.5, 0.6) is 0 Å². The number of aromatic nitrogens is 2. The highest BCUT2D eigenvalue weighted by molar-refractivity contribution is 5.75. The van der Waals surface area contributed by atoms with E-state index in [0.717, 1.165) is 11.0 Å². The molecule has 0 fully saturated rings. The molecule has 2 rings (SSSR count). The van der Waals surface area contributed by atoms with E-state index in [1.54, 1.807) is 6.33 Å². The number of nitrogens with zero attached hydrogens (tertiary/aromatic N) is 2. The quantitative estimate of drug-likeness (QED) is 0.769. The number of hydrogen-bond acceptors (Lipinski definition) is 2. The molecule has 0 bridgehead atoms. The van der Waals surface area contributed by atoms with Crippen molar-refractivity contribution in [1.29, 1.82) is 0 Å². The lowest BCUT2D eigenvalue weighted by atomic mass is 10.3. The van der Waals surface area contributed by atoms with E-state index in [1.807, 2.05) is 28.8 Å². The Hall–Kier alpha value is -1.84. The fraction of sp³-hybridized carbons (Fsp3) is 0.200. The Morgan fingerprint density at radius 2 is 2.29 bits per heavy atom.